The monoisotopic (exact) mass is 453 g/mol. The summed E-state index contributed by atoms with van der Waals surface area (Å²) in [6, 6.07) is 8.74. The molecule has 1 saturated carbocycles. The molecule has 2 aromatic rings. The Kier molecular flexibility index (Phi) is 6.32. The molecule has 0 heterocycles. The van der Waals surface area contributed by atoms with Crippen molar-refractivity contribution in [2.24, 2.45) is 5.16 Å². The first-order chi connectivity index (χ1) is 14.2. The third kappa shape index (κ3) is 4.74. The second-order valence-corrected chi connectivity index (χ2v) is 8.59. The van der Waals surface area contributed by atoms with Gasteiger partial charge in [0, 0.05) is 22.6 Å². The van der Waals surface area contributed by atoms with Gasteiger partial charge in [-0.3, -0.25) is 24.5 Å². The van der Waals surface area contributed by atoms with Crippen molar-refractivity contribution >= 4 is 38.8 Å². The molecule has 0 aliphatic heterocycles. The predicted octanol–water partition coefficient (Wildman–Crippen LogP) is 4.58. The van der Waals surface area contributed by atoms with Gasteiger partial charge in [0.1, 0.15) is 4.90 Å². The number of nitro groups is 2. The number of hydrogen-bond acceptors (Lipinski definition) is 8. The fraction of sp³-hybridized carbons (Fsp3) is 0.278. The third-order valence-corrected chi connectivity index (χ3v) is 6.10. The molecular weight excluding hydrogens is 438 g/mol. The lowest BCUT2D eigenvalue weighted by Crippen LogP contribution is -2.20. The van der Waals surface area contributed by atoms with E-state index in [2.05, 4.69) is 5.16 Å². The van der Waals surface area contributed by atoms with Gasteiger partial charge in [0.2, 0.25) is 0 Å². The van der Waals surface area contributed by atoms with Gasteiger partial charge in [-0.2, -0.15) is 8.42 Å². The molecule has 0 saturated heterocycles. The molecule has 3 rings (SSSR count). The Morgan fingerprint density at radius 2 is 1.73 bits per heavy atom. The van der Waals surface area contributed by atoms with Crippen LogP contribution in [0.5, 0.6) is 0 Å². The van der Waals surface area contributed by atoms with Crippen LogP contribution in [0.15, 0.2) is 52.5 Å². The minimum Gasteiger partial charge on any atom is -0.265 e. The van der Waals surface area contributed by atoms with Crippen LogP contribution in [-0.2, 0) is 14.4 Å². The first-order valence-corrected chi connectivity index (χ1v) is 10.7. The van der Waals surface area contributed by atoms with Gasteiger partial charge in [-0.1, -0.05) is 23.2 Å². The van der Waals surface area contributed by atoms with Crippen molar-refractivity contribution in [1.29, 1.82) is 0 Å². The summed E-state index contributed by atoms with van der Waals surface area (Å²) in [5.74, 6) is -0.583. The number of nitrogens with zero attached hydrogens (tertiary/aromatic N) is 3. The molecule has 0 spiro atoms. The second kappa shape index (κ2) is 8.76. The van der Waals surface area contributed by atoms with Crippen LogP contribution < -0.4 is 0 Å². The summed E-state index contributed by atoms with van der Waals surface area (Å²) in [5.41, 5.74) is -0.252. The van der Waals surface area contributed by atoms with Gasteiger partial charge in [0.05, 0.1) is 21.6 Å². The Morgan fingerprint density at radius 1 is 1.03 bits per heavy atom. The molecule has 0 N–H and O–H groups in total. The Bertz CT molecular complexity index is 1120. The van der Waals surface area contributed by atoms with E-state index in [1.165, 1.54) is 36.4 Å². The summed E-state index contributed by atoms with van der Waals surface area (Å²) in [4.78, 5) is 20.9. The lowest BCUT2D eigenvalue weighted by molar-refractivity contribution is -0.394. The third-order valence-electron chi connectivity index (χ3n) is 4.73. The zero-order valence-electron chi connectivity index (χ0n) is 15.4. The highest BCUT2D eigenvalue weighted by Gasteiger charge is 2.31. The van der Waals surface area contributed by atoms with E-state index in [9.17, 15) is 28.6 Å². The fourth-order valence-electron chi connectivity index (χ4n) is 3.28. The van der Waals surface area contributed by atoms with Gasteiger partial charge < -0.3 is 0 Å². The Balaban J connectivity index is 1.94. The SMILES string of the molecule is O=[N+]([O-])c1ccc([C@H]2CCCC/C2=N\OS(=O)(=O)c2ccc(Cl)cc2)c([N+](=O)[O-])c1. The number of oxime groups is 1. The summed E-state index contributed by atoms with van der Waals surface area (Å²) >= 11 is 5.76. The van der Waals surface area contributed by atoms with Crippen LogP contribution in [0.4, 0.5) is 11.4 Å². The molecule has 0 amide bonds. The topological polar surface area (TPSA) is 142 Å². The van der Waals surface area contributed by atoms with Gasteiger partial charge in [-0.25, -0.2) is 0 Å². The molecule has 1 atom stereocenters. The molecule has 1 aliphatic carbocycles. The summed E-state index contributed by atoms with van der Waals surface area (Å²) < 4.78 is 29.6. The largest absolute Gasteiger partial charge is 0.358 e. The minimum absolute atomic E-state index is 0.134. The molecule has 30 heavy (non-hydrogen) atoms. The van der Waals surface area contributed by atoms with E-state index in [1.54, 1.807) is 0 Å². The van der Waals surface area contributed by atoms with Crippen molar-refractivity contribution in [3.63, 3.8) is 0 Å². The lowest BCUT2D eigenvalue weighted by Gasteiger charge is -2.23. The van der Waals surface area contributed by atoms with Crippen molar-refractivity contribution in [3.05, 3.63) is 73.3 Å². The standard InChI is InChI=1S/C18H16ClN3O7S/c19-12-5-8-14(9-6-12)30(27,28)29-20-17-4-2-1-3-15(17)16-10-7-13(21(23)24)11-18(16)22(25)26/h5-11,15H,1-4H2/b20-17+/t15-/m1/s1. The maximum atomic E-state index is 12.4. The van der Waals surface area contributed by atoms with Crippen molar-refractivity contribution < 1.29 is 22.5 Å². The number of hydrogen-bond donors (Lipinski definition) is 0. The van der Waals surface area contributed by atoms with Crippen molar-refractivity contribution in [1.82, 2.24) is 0 Å². The summed E-state index contributed by atoms with van der Waals surface area (Å²) in [7, 11) is -4.20. The number of rotatable bonds is 6. The van der Waals surface area contributed by atoms with Gasteiger partial charge >= 0.3 is 10.1 Å². The first kappa shape index (κ1) is 21.7. The van der Waals surface area contributed by atoms with E-state index in [0.717, 1.165) is 12.5 Å². The molecule has 10 nitrogen and oxygen atoms in total. The quantitative estimate of drug-likeness (QED) is 0.460. The summed E-state index contributed by atoms with van der Waals surface area (Å²) in [6.45, 7) is 0. The maximum absolute atomic E-state index is 12.4. The van der Waals surface area contributed by atoms with Crippen LogP contribution in [-0.4, -0.2) is 24.0 Å². The summed E-state index contributed by atoms with van der Waals surface area (Å²) in [6.07, 6.45) is 2.30. The van der Waals surface area contributed by atoms with Gasteiger partial charge in [0.15, 0.2) is 0 Å². The van der Waals surface area contributed by atoms with Crippen LogP contribution in [0, 0.1) is 20.2 Å². The second-order valence-electron chi connectivity index (χ2n) is 6.62. The summed E-state index contributed by atoms with van der Waals surface area (Å²) in [5, 5.41) is 26.6. The van der Waals surface area contributed by atoms with Crippen LogP contribution in [0.2, 0.25) is 5.02 Å². The molecule has 12 heteroatoms. The van der Waals surface area contributed by atoms with E-state index >= 15 is 0 Å². The first-order valence-electron chi connectivity index (χ1n) is 8.88. The number of halogens is 1. The van der Waals surface area contributed by atoms with E-state index in [4.69, 9.17) is 15.9 Å². The molecule has 1 fully saturated rings. The van der Waals surface area contributed by atoms with Crippen LogP contribution in [0.3, 0.4) is 0 Å². The number of nitro benzene ring substituents is 2. The van der Waals surface area contributed by atoms with E-state index in [0.29, 0.717) is 30.0 Å². The molecule has 2 aromatic carbocycles. The normalized spacial score (nSPS) is 18.2. The van der Waals surface area contributed by atoms with Crippen molar-refractivity contribution in [2.75, 3.05) is 0 Å². The molecule has 158 valence electrons. The highest BCUT2D eigenvalue weighted by Crippen LogP contribution is 2.38. The lowest BCUT2D eigenvalue weighted by atomic mass is 9.81. The molecule has 1 aliphatic rings. The molecule has 0 unspecified atom stereocenters. The predicted molar refractivity (Wildman–Crippen MR) is 108 cm³/mol. The average Bonchev–Trinajstić information content (AvgIpc) is 2.72. The number of non-ortho nitro benzene ring substituents is 1. The maximum Gasteiger partial charge on any atom is 0.358 e. The highest BCUT2D eigenvalue weighted by atomic mass is 35.5. The van der Waals surface area contributed by atoms with Gasteiger partial charge in [-0.05, 0) is 49.6 Å². The average molecular weight is 454 g/mol. The van der Waals surface area contributed by atoms with Gasteiger partial charge in [0.25, 0.3) is 11.4 Å². The van der Waals surface area contributed by atoms with Gasteiger partial charge in [-0.15, -0.1) is 0 Å². The molecule has 0 bridgehead atoms. The Labute approximate surface area is 176 Å². The van der Waals surface area contributed by atoms with Crippen molar-refractivity contribution in [3.8, 4) is 0 Å². The molecular formula is C18H16ClN3O7S. The van der Waals surface area contributed by atoms with E-state index in [1.807, 2.05) is 0 Å². The number of benzene rings is 2. The molecule has 0 aromatic heterocycles. The Hall–Kier alpha value is -3.05. The van der Waals surface area contributed by atoms with Crippen molar-refractivity contribution in [2.45, 2.75) is 36.5 Å². The Morgan fingerprint density at radius 3 is 2.37 bits per heavy atom. The van der Waals surface area contributed by atoms with Crippen LogP contribution >= 0.6 is 11.6 Å². The minimum atomic E-state index is -4.20. The van der Waals surface area contributed by atoms with Crippen LogP contribution in [0.1, 0.15) is 37.2 Å². The highest BCUT2D eigenvalue weighted by molar-refractivity contribution is 7.86. The van der Waals surface area contributed by atoms with Crippen LogP contribution in [0.25, 0.3) is 0 Å². The zero-order valence-corrected chi connectivity index (χ0v) is 17.0. The van der Waals surface area contributed by atoms with E-state index in [-0.39, 0.29) is 10.5 Å². The zero-order chi connectivity index (χ0) is 21.9. The smallest absolute Gasteiger partial charge is 0.265 e. The fourth-order valence-corrected chi connectivity index (χ4v) is 4.15. The van der Waals surface area contributed by atoms with E-state index < -0.39 is 37.3 Å². The molecule has 0 radical (unpaired) electrons.